The summed E-state index contributed by atoms with van der Waals surface area (Å²) in [6.07, 6.45) is 2.25. The van der Waals surface area contributed by atoms with Crippen molar-refractivity contribution in [2.24, 2.45) is 0 Å². The van der Waals surface area contributed by atoms with E-state index in [2.05, 4.69) is 70.5 Å². The van der Waals surface area contributed by atoms with Crippen molar-refractivity contribution in [3.8, 4) is 16.9 Å². The fraction of sp³-hybridized carbons (Fsp3) is 0.100. The van der Waals surface area contributed by atoms with Gasteiger partial charge in [-0.3, -0.25) is 0 Å². The van der Waals surface area contributed by atoms with E-state index in [0.717, 1.165) is 53.5 Å². The number of carboxylic acid groups (broad SMARTS) is 1. The van der Waals surface area contributed by atoms with Gasteiger partial charge in [0.1, 0.15) is 5.75 Å². The first kappa shape index (κ1) is 26.1. The van der Waals surface area contributed by atoms with Gasteiger partial charge in [-0.25, -0.2) is 4.79 Å². The highest BCUT2D eigenvalue weighted by atomic mass is 79.9. The van der Waals surface area contributed by atoms with Gasteiger partial charge in [0.25, 0.3) is 0 Å². The quantitative estimate of drug-likeness (QED) is 0.201. The molecule has 0 bridgehead atoms. The summed E-state index contributed by atoms with van der Waals surface area (Å²) in [6, 6.07) is 30.6. The highest BCUT2D eigenvalue weighted by Gasteiger charge is 2.08. The van der Waals surface area contributed by atoms with Crippen LogP contribution in [0.2, 0.25) is 5.02 Å². The molecule has 6 heteroatoms. The molecule has 3 nitrogen and oxygen atoms in total. The lowest BCUT2D eigenvalue weighted by Crippen LogP contribution is -2.09. The van der Waals surface area contributed by atoms with Crippen LogP contribution in [0.3, 0.4) is 0 Å². The normalized spacial score (nSPS) is 11.4. The van der Waals surface area contributed by atoms with Gasteiger partial charge in [0.05, 0.1) is 0 Å². The molecule has 0 unspecified atom stereocenters. The van der Waals surface area contributed by atoms with Crippen molar-refractivity contribution in [2.45, 2.75) is 11.8 Å². The summed E-state index contributed by atoms with van der Waals surface area (Å²) in [6.45, 7) is 1.58. The lowest BCUT2D eigenvalue weighted by Gasteiger charge is -2.11. The summed E-state index contributed by atoms with van der Waals surface area (Å²) in [7, 11) is 0. The lowest BCUT2D eigenvalue weighted by molar-refractivity contribution is -0.139. The predicted molar refractivity (Wildman–Crippen MR) is 153 cm³/mol. The number of rotatable bonds is 9. The molecule has 0 radical (unpaired) electrons. The van der Waals surface area contributed by atoms with E-state index in [1.807, 2.05) is 49.4 Å². The minimum absolute atomic E-state index is 0.344. The molecule has 0 fully saturated rings. The van der Waals surface area contributed by atoms with Crippen LogP contribution in [0.15, 0.2) is 106 Å². The number of carbonyl (C=O) groups is 1. The molecular weight excluding hydrogens is 556 g/mol. The first-order chi connectivity index (χ1) is 17.4. The second kappa shape index (κ2) is 12.3. The van der Waals surface area contributed by atoms with Crippen LogP contribution in [0.4, 0.5) is 0 Å². The SMILES string of the molecule is Cc1cc(SCC=C(c2ccc(Br)cc2)c2ccc(-c3ccc(Cl)cc3)cc2)ccc1OCC(=O)O. The zero-order chi connectivity index (χ0) is 25.5. The Morgan fingerprint density at radius 2 is 1.50 bits per heavy atom. The van der Waals surface area contributed by atoms with Gasteiger partial charge >= 0.3 is 5.97 Å². The Morgan fingerprint density at radius 1 is 0.917 bits per heavy atom. The molecule has 4 aromatic carbocycles. The van der Waals surface area contributed by atoms with E-state index in [9.17, 15) is 4.79 Å². The molecule has 0 atom stereocenters. The summed E-state index contributed by atoms with van der Waals surface area (Å²) >= 11 is 11.3. The van der Waals surface area contributed by atoms with E-state index in [1.165, 1.54) is 0 Å². The molecule has 0 saturated carbocycles. The lowest BCUT2D eigenvalue weighted by atomic mass is 9.95. The maximum Gasteiger partial charge on any atom is 0.341 e. The number of benzene rings is 4. The molecule has 0 aliphatic rings. The summed E-state index contributed by atoms with van der Waals surface area (Å²) in [5.74, 6) is 0.382. The van der Waals surface area contributed by atoms with Crippen LogP contribution >= 0.6 is 39.3 Å². The summed E-state index contributed by atoms with van der Waals surface area (Å²) < 4.78 is 6.38. The van der Waals surface area contributed by atoms with Crippen molar-refractivity contribution in [1.82, 2.24) is 0 Å². The summed E-state index contributed by atoms with van der Waals surface area (Å²) in [5.41, 5.74) is 6.63. The molecule has 0 spiro atoms. The van der Waals surface area contributed by atoms with Crippen molar-refractivity contribution < 1.29 is 14.6 Å². The van der Waals surface area contributed by atoms with E-state index in [1.54, 1.807) is 11.8 Å². The van der Waals surface area contributed by atoms with Gasteiger partial charge in [-0.05, 0) is 82.8 Å². The zero-order valence-electron chi connectivity index (χ0n) is 19.6. The first-order valence-corrected chi connectivity index (χ1v) is 13.5. The van der Waals surface area contributed by atoms with Gasteiger partial charge in [-0.2, -0.15) is 0 Å². The summed E-state index contributed by atoms with van der Waals surface area (Å²) in [4.78, 5) is 11.9. The molecule has 0 aliphatic heterocycles. The zero-order valence-corrected chi connectivity index (χ0v) is 22.7. The Hall–Kier alpha value is -2.99. The average molecular weight is 580 g/mol. The Labute approximate surface area is 228 Å². The number of aryl methyl sites for hydroxylation is 1. The fourth-order valence-corrected chi connectivity index (χ4v) is 5.01. The minimum Gasteiger partial charge on any atom is -0.482 e. The highest BCUT2D eigenvalue weighted by Crippen LogP contribution is 2.31. The van der Waals surface area contributed by atoms with Crippen LogP contribution in [-0.4, -0.2) is 23.4 Å². The molecular formula is C30H24BrClO3S. The van der Waals surface area contributed by atoms with Crippen molar-refractivity contribution in [3.63, 3.8) is 0 Å². The third-order valence-corrected chi connectivity index (χ3v) is 7.26. The topological polar surface area (TPSA) is 46.5 Å². The number of hydrogen-bond donors (Lipinski definition) is 1. The van der Waals surface area contributed by atoms with E-state index >= 15 is 0 Å². The maximum absolute atomic E-state index is 10.8. The van der Waals surface area contributed by atoms with Gasteiger partial charge in [-0.15, -0.1) is 11.8 Å². The second-order valence-corrected chi connectivity index (χ2v) is 10.6. The Kier molecular flexibility index (Phi) is 8.92. The van der Waals surface area contributed by atoms with Gasteiger partial charge in [0.2, 0.25) is 0 Å². The van der Waals surface area contributed by atoms with Crippen LogP contribution in [0.1, 0.15) is 16.7 Å². The molecule has 182 valence electrons. The van der Waals surface area contributed by atoms with Crippen molar-refractivity contribution in [1.29, 1.82) is 0 Å². The number of ether oxygens (including phenoxy) is 1. The monoisotopic (exact) mass is 578 g/mol. The highest BCUT2D eigenvalue weighted by molar-refractivity contribution is 9.10. The molecule has 0 amide bonds. The number of carboxylic acids is 1. The van der Waals surface area contributed by atoms with Crippen LogP contribution in [-0.2, 0) is 4.79 Å². The first-order valence-electron chi connectivity index (χ1n) is 11.3. The molecule has 36 heavy (non-hydrogen) atoms. The molecule has 0 aromatic heterocycles. The number of aliphatic carboxylic acids is 1. The third kappa shape index (κ3) is 7.03. The van der Waals surface area contributed by atoms with Gasteiger partial charge in [-0.1, -0.05) is 82.1 Å². The van der Waals surface area contributed by atoms with Gasteiger partial charge < -0.3 is 9.84 Å². The maximum atomic E-state index is 10.8. The predicted octanol–water partition coefficient (Wildman–Crippen LogP) is 8.77. The Morgan fingerprint density at radius 3 is 2.08 bits per heavy atom. The van der Waals surface area contributed by atoms with Crippen LogP contribution in [0.25, 0.3) is 16.7 Å². The number of halogens is 2. The van der Waals surface area contributed by atoms with E-state index < -0.39 is 5.97 Å². The Balaban J connectivity index is 1.55. The molecule has 0 saturated heterocycles. The van der Waals surface area contributed by atoms with Gasteiger partial charge in [0, 0.05) is 20.1 Å². The van der Waals surface area contributed by atoms with Crippen LogP contribution in [0, 0.1) is 6.92 Å². The second-order valence-electron chi connectivity index (χ2n) is 8.13. The molecule has 0 heterocycles. The van der Waals surface area contributed by atoms with Crippen molar-refractivity contribution >= 4 is 50.8 Å². The summed E-state index contributed by atoms with van der Waals surface area (Å²) in [5, 5.41) is 9.56. The average Bonchev–Trinajstić information content (AvgIpc) is 2.87. The van der Waals surface area contributed by atoms with E-state index in [-0.39, 0.29) is 6.61 Å². The minimum atomic E-state index is -0.986. The van der Waals surface area contributed by atoms with Crippen molar-refractivity contribution in [3.05, 3.63) is 123 Å². The van der Waals surface area contributed by atoms with E-state index in [4.69, 9.17) is 21.4 Å². The molecule has 1 N–H and O–H groups in total. The number of thioether (sulfide) groups is 1. The smallest absolute Gasteiger partial charge is 0.341 e. The fourth-order valence-electron chi connectivity index (χ4n) is 3.75. The van der Waals surface area contributed by atoms with Gasteiger partial charge in [0.15, 0.2) is 6.61 Å². The Bertz CT molecular complexity index is 1370. The standard InChI is InChI=1S/C30H24BrClO3S/c1-20-18-27(14-15-29(20)35-19-30(33)34)36-17-16-28(24-6-10-25(31)11-7-24)23-4-2-21(3-5-23)22-8-12-26(32)13-9-22/h2-16,18H,17,19H2,1H3,(H,33,34). The molecule has 0 aliphatic carbocycles. The number of hydrogen-bond acceptors (Lipinski definition) is 3. The van der Waals surface area contributed by atoms with Crippen molar-refractivity contribution in [2.75, 3.05) is 12.4 Å². The largest absolute Gasteiger partial charge is 0.482 e. The third-order valence-electron chi connectivity index (χ3n) is 5.56. The van der Waals surface area contributed by atoms with Crippen LogP contribution < -0.4 is 4.74 Å². The molecule has 4 aromatic rings. The molecule has 4 rings (SSSR count). The van der Waals surface area contributed by atoms with Crippen LogP contribution in [0.5, 0.6) is 5.75 Å². The van der Waals surface area contributed by atoms with E-state index in [0.29, 0.717) is 5.75 Å².